The van der Waals surface area contributed by atoms with E-state index in [1.807, 2.05) is 57.2 Å². The van der Waals surface area contributed by atoms with Crippen LogP contribution in [-0.4, -0.2) is 24.0 Å². The Morgan fingerprint density at radius 2 is 1.69 bits per heavy atom. The zero-order chi connectivity index (χ0) is 23.7. The number of hydrogen-bond donors (Lipinski definition) is 2. The molecule has 6 nitrogen and oxygen atoms in total. The van der Waals surface area contributed by atoms with E-state index in [2.05, 4.69) is 30.6 Å². The average Bonchev–Trinajstić information content (AvgIpc) is 2.76. The first-order chi connectivity index (χ1) is 15.1. The number of rotatable bonds is 9. The molecule has 0 heterocycles. The van der Waals surface area contributed by atoms with Gasteiger partial charge in [0.1, 0.15) is 5.60 Å². The maximum absolute atomic E-state index is 12.4. The molecule has 2 aromatic rings. The number of nitrogens with one attached hydrogen (secondary N) is 2. The van der Waals surface area contributed by atoms with Gasteiger partial charge in [0.25, 0.3) is 5.91 Å². The molecule has 0 saturated heterocycles. The molecule has 0 aliphatic carbocycles. The fraction of sp³-hybridized carbons (Fsp3) is 0.423. The maximum Gasteiger partial charge on any atom is 0.308 e. The van der Waals surface area contributed by atoms with Crippen LogP contribution in [0.15, 0.2) is 48.5 Å². The van der Waals surface area contributed by atoms with E-state index in [4.69, 9.17) is 10.00 Å². The maximum atomic E-state index is 12.4. The van der Waals surface area contributed by atoms with Crippen molar-refractivity contribution in [2.75, 3.05) is 11.9 Å². The molecule has 0 aliphatic rings. The van der Waals surface area contributed by atoms with Gasteiger partial charge in [0.2, 0.25) is 0 Å². The van der Waals surface area contributed by atoms with Crippen LogP contribution in [0, 0.1) is 17.2 Å². The highest BCUT2D eigenvalue weighted by Crippen LogP contribution is 2.29. The number of nitriles is 1. The Hall–Kier alpha value is -3.33. The van der Waals surface area contributed by atoms with E-state index in [1.165, 1.54) is 0 Å². The van der Waals surface area contributed by atoms with Gasteiger partial charge in [-0.2, -0.15) is 5.26 Å². The Bertz CT molecular complexity index is 938. The van der Waals surface area contributed by atoms with Crippen molar-refractivity contribution in [3.05, 3.63) is 65.2 Å². The number of benzene rings is 2. The molecular weight excluding hydrogens is 402 g/mol. The molecule has 0 radical (unpaired) electrons. The third kappa shape index (κ3) is 7.73. The average molecular weight is 436 g/mol. The SMILES string of the molecule is CCC(C)[C@H](Nc1ccc(C(=O)NCCC(=O)OC(C)(C)C)cc1)c1ccc(C#N)cc1. The first kappa shape index (κ1) is 24.9. The molecule has 0 aliphatic heterocycles. The summed E-state index contributed by atoms with van der Waals surface area (Å²) in [7, 11) is 0. The summed E-state index contributed by atoms with van der Waals surface area (Å²) < 4.78 is 5.24. The Kier molecular flexibility index (Phi) is 8.83. The zero-order valence-corrected chi connectivity index (χ0v) is 19.6. The van der Waals surface area contributed by atoms with Gasteiger partial charge in [0.05, 0.1) is 24.1 Å². The lowest BCUT2D eigenvalue weighted by atomic mass is 9.91. The van der Waals surface area contributed by atoms with E-state index in [0.717, 1.165) is 17.7 Å². The molecule has 2 aromatic carbocycles. The second kappa shape index (κ2) is 11.3. The topological polar surface area (TPSA) is 91.2 Å². The Labute approximate surface area is 191 Å². The molecular formula is C26H33N3O3. The quantitative estimate of drug-likeness (QED) is 0.527. The summed E-state index contributed by atoms with van der Waals surface area (Å²) in [6.45, 7) is 9.99. The van der Waals surface area contributed by atoms with Crippen LogP contribution in [0.25, 0.3) is 0 Å². The lowest BCUT2D eigenvalue weighted by Crippen LogP contribution is -2.29. The highest BCUT2D eigenvalue weighted by molar-refractivity contribution is 5.94. The molecule has 0 spiro atoms. The van der Waals surface area contributed by atoms with Gasteiger partial charge in [0, 0.05) is 17.8 Å². The van der Waals surface area contributed by atoms with Gasteiger partial charge in [-0.25, -0.2) is 0 Å². The number of nitrogens with zero attached hydrogens (tertiary/aromatic N) is 1. The van der Waals surface area contributed by atoms with Crippen molar-refractivity contribution in [1.82, 2.24) is 5.32 Å². The number of carbonyl (C=O) groups is 2. The molecule has 0 bridgehead atoms. The van der Waals surface area contributed by atoms with Crippen LogP contribution in [-0.2, 0) is 9.53 Å². The van der Waals surface area contributed by atoms with Crippen LogP contribution in [0.4, 0.5) is 5.69 Å². The van der Waals surface area contributed by atoms with Crippen molar-refractivity contribution >= 4 is 17.6 Å². The van der Waals surface area contributed by atoms with Crippen LogP contribution in [0.5, 0.6) is 0 Å². The molecule has 1 amide bonds. The van der Waals surface area contributed by atoms with E-state index >= 15 is 0 Å². The van der Waals surface area contributed by atoms with Crippen LogP contribution in [0.3, 0.4) is 0 Å². The molecule has 0 fully saturated rings. The first-order valence-corrected chi connectivity index (χ1v) is 11.0. The lowest BCUT2D eigenvalue weighted by Gasteiger charge is -2.26. The molecule has 2 atom stereocenters. The fourth-order valence-corrected chi connectivity index (χ4v) is 3.22. The van der Waals surface area contributed by atoms with Crippen LogP contribution in [0.2, 0.25) is 0 Å². The van der Waals surface area contributed by atoms with Crippen LogP contribution >= 0.6 is 0 Å². The lowest BCUT2D eigenvalue weighted by molar-refractivity contribution is -0.154. The molecule has 170 valence electrons. The van der Waals surface area contributed by atoms with Crippen LogP contribution in [0.1, 0.15) is 75.0 Å². The van der Waals surface area contributed by atoms with Crippen molar-refractivity contribution < 1.29 is 14.3 Å². The monoisotopic (exact) mass is 435 g/mol. The van der Waals surface area contributed by atoms with Gasteiger partial charge in [-0.15, -0.1) is 0 Å². The standard InChI is InChI=1S/C26H33N3O3/c1-6-18(2)24(20-9-7-19(17-27)8-10-20)29-22-13-11-21(12-14-22)25(31)28-16-15-23(30)32-26(3,4)5/h7-14,18,24,29H,6,15-16H2,1-5H3,(H,28,31)/t18?,24-/m0/s1. The van der Waals surface area contributed by atoms with E-state index in [9.17, 15) is 9.59 Å². The van der Waals surface area contributed by atoms with Gasteiger partial charge in [0.15, 0.2) is 0 Å². The predicted octanol–water partition coefficient (Wildman–Crippen LogP) is 5.22. The summed E-state index contributed by atoms with van der Waals surface area (Å²) in [6, 6.07) is 17.1. The smallest absolute Gasteiger partial charge is 0.308 e. The van der Waals surface area contributed by atoms with Gasteiger partial charge < -0.3 is 15.4 Å². The highest BCUT2D eigenvalue weighted by Gasteiger charge is 2.19. The van der Waals surface area contributed by atoms with Gasteiger partial charge in [-0.3, -0.25) is 9.59 Å². The summed E-state index contributed by atoms with van der Waals surface area (Å²) in [5.41, 5.74) is 2.65. The van der Waals surface area contributed by atoms with Crippen LogP contribution < -0.4 is 10.6 Å². The predicted molar refractivity (Wildman–Crippen MR) is 126 cm³/mol. The van der Waals surface area contributed by atoms with Crippen molar-refractivity contribution in [2.24, 2.45) is 5.92 Å². The molecule has 6 heteroatoms. The largest absolute Gasteiger partial charge is 0.460 e. The second-order valence-electron chi connectivity index (χ2n) is 8.91. The zero-order valence-electron chi connectivity index (χ0n) is 19.6. The Morgan fingerprint density at radius 3 is 2.22 bits per heavy atom. The number of carbonyl (C=O) groups excluding carboxylic acids is 2. The summed E-state index contributed by atoms with van der Waals surface area (Å²) in [4.78, 5) is 24.1. The molecule has 2 rings (SSSR count). The van der Waals surface area contributed by atoms with Gasteiger partial charge >= 0.3 is 5.97 Å². The minimum Gasteiger partial charge on any atom is -0.460 e. The second-order valence-corrected chi connectivity index (χ2v) is 8.91. The number of amides is 1. The van der Waals surface area contributed by atoms with Gasteiger partial charge in [-0.1, -0.05) is 32.4 Å². The molecule has 32 heavy (non-hydrogen) atoms. The number of anilines is 1. The van der Waals surface area contributed by atoms with E-state index in [-0.39, 0.29) is 30.9 Å². The summed E-state index contributed by atoms with van der Waals surface area (Å²) >= 11 is 0. The molecule has 0 aromatic heterocycles. The summed E-state index contributed by atoms with van der Waals surface area (Å²) in [5.74, 6) is -0.194. The number of esters is 1. The van der Waals surface area contributed by atoms with E-state index < -0.39 is 5.60 Å². The van der Waals surface area contributed by atoms with Crippen molar-refractivity contribution in [3.63, 3.8) is 0 Å². The third-order valence-corrected chi connectivity index (χ3v) is 5.12. The van der Waals surface area contributed by atoms with Gasteiger partial charge in [-0.05, 0) is 68.7 Å². The number of hydrogen-bond acceptors (Lipinski definition) is 5. The Balaban J connectivity index is 1.98. The van der Waals surface area contributed by atoms with E-state index in [0.29, 0.717) is 17.0 Å². The third-order valence-electron chi connectivity index (χ3n) is 5.12. The van der Waals surface area contributed by atoms with Crippen molar-refractivity contribution in [1.29, 1.82) is 5.26 Å². The molecule has 0 saturated carbocycles. The minimum absolute atomic E-state index is 0.0845. The highest BCUT2D eigenvalue weighted by atomic mass is 16.6. The first-order valence-electron chi connectivity index (χ1n) is 11.0. The van der Waals surface area contributed by atoms with Crippen molar-refractivity contribution in [2.45, 2.75) is 59.1 Å². The van der Waals surface area contributed by atoms with E-state index in [1.54, 1.807) is 12.1 Å². The normalized spacial score (nSPS) is 12.9. The summed E-state index contributed by atoms with van der Waals surface area (Å²) in [5, 5.41) is 15.3. The minimum atomic E-state index is -0.533. The molecule has 1 unspecified atom stereocenters. The molecule has 2 N–H and O–H groups in total. The van der Waals surface area contributed by atoms with Crippen molar-refractivity contribution in [3.8, 4) is 6.07 Å². The number of ether oxygens (including phenoxy) is 1. The Morgan fingerprint density at radius 1 is 1.06 bits per heavy atom. The summed E-state index contributed by atoms with van der Waals surface area (Å²) in [6.07, 6.45) is 1.12. The fourth-order valence-electron chi connectivity index (χ4n) is 3.22.